The van der Waals surface area contributed by atoms with E-state index in [9.17, 15) is 14.7 Å². The topological polar surface area (TPSA) is 76.1 Å². The Morgan fingerprint density at radius 3 is 2.38 bits per heavy atom. The Kier molecular flexibility index (Phi) is 7.30. The molecule has 1 amide bonds. The fraction of sp³-hybridized carbons (Fsp3) is 0.185. The fourth-order valence-corrected chi connectivity index (χ4v) is 4.10. The summed E-state index contributed by atoms with van der Waals surface area (Å²) in [6.07, 6.45) is 0.543. The molecule has 34 heavy (non-hydrogen) atoms. The number of aliphatic hydroxyl groups is 1. The van der Waals surface area contributed by atoms with Crippen molar-refractivity contribution in [3.05, 3.63) is 101 Å². The highest BCUT2D eigenvalue weighted by Crippen LogP contribution is 2.40. The van der Waals surface area contributed by atoms with Crippen LogP contribution in [0.1, 0.15) is 23.6 Å². The number of ether oxygens (including phenoxy) is 2. The van der Waals surface area contributed by atoms with Gasteiger partial charge in [0.05, 0.1) is 11.6 Å². The van der Waals surface area contributed by atoms with Gasteiger partial charge in [0.2, 0.25) is 0 Å². The molecule has 1 saturated heterocycles. The van der Waals surface area contributed by atoms with Gasteiger partial charge >= 0.3 is 0 Å². The van der Waals surface area contributed by atoms with Crippen LogP contribution in [0.5, 0.6) is 11.5 Å². The summed E-state index contributed by atoms with van der Waals surface area (Å²) >= 11 is 5.98. The largest absolute Gasteiger partial charge is 0.507 e. The lowest BCUT2D eigenvalue weighted by Gasteiger charge is -2.25. The van der Waals surface area contributed by atoms with E-state index in [1.54, 1.807) is 49.6 Å². The highest BCUT2D eigenvalue weighted by Gasteiger charge is 2.45. The maximum absolute atomic E-state index is 13.1. The second-order valence-electron chi connectivity index (χ2n) is 7.83. The van der Waals surface area contributed by atoms with Gasteiger partial charge in [-0.3, -0.25) is 9.59 Å². The smallest absolute Gasteiger partial charge is 0.295 e. The number of amides is 1. The Labute approximate surface area is 203 Å². The van der Waals surface area contributed by atoms with Gasteiger partial charge in [-0.1, -0.05) is 41.9 Å². The number of hydrogen-bond acceptors (Lipinski definition) is 5. The maximum Gasteiger partial charge on any atom is 0.295 e. The summed E-state index contributed by atoms with van der Waals surface area (Å²) in [5.41, 5.74) is 1.09. The van der Waals surface area contributed by atoms with Gasteiger partial charge in [-0.25, -0.2) is 0 Å². The van der Waals surface area contributed by atoms with Crippen molar-refractivity contribution >= 4 is 29.1 Å². The molecule has 3 aromatic carbocycles. The van der Waals surface area contributed by atoms with Crippen LogP contribution >= 0.6 is 11.6 Å². The normalized spacial score (nSPS) is 17.2. The monoisotopic (exact) mass is 477 g/mol. The van der Waals surface area contributed by atoms with Crippen LogP contribution in [0.4, 0.5) is 0 Å². The number of benzene rings is 3. The first-order valence-electron chi connectivity index (χ1n) is 10.9. The molecule has 1 atom stereocenters. The minimum Gasteiger partial charge on any atom is -0.507 e. The zero-order valence-electron chi connectivity index (χ0n) is 18.6. The van der Waals surface area contributed by atoms with Gasteiger partial charge in [0.25, 0.3) is 11.7 Å². The van der Waals surface area contributed by atoms with Crippen molar-refractivity contribution in [2.45, 2.75) is 12.5 Å². The lowest BCUT2D eigenvalue weighted by molar-refractivity contribution is -0.140. The van der Waals surface area contributed by atoms with E-state index in [0.717, 1.165) is 0 Å². The summed E-state index contributed by atoms with van der Waals surface area (Å²) in [6, 6.07) is 22.2. The zero-order chi connectivity index (χ0) is 24.1. The second kappa shape index (κ2) is 10.5. The standard InChI is InChI=1S/C27H24ClNO5/c1-33-16-6-15-29-24(19-7-5-10-22(17-19)34-21-8-3-2-4-9-21)23(26(31)27(29)32)25(30)18-11-13-20(28)14-12-18/h2-5,7-14,17,24,30H,6,15-16H2,1H3/b25-23+/t24-/m1/s1. The third kappa shape index (κ3) is 4.98. The van der Waals surface area contributed by atoms with E-state index in [-0.39, 0.29) is 11.3 Å². The summed E-state index contributed by atoms with van der Waals surface area (Å²) in [6.45, 7) is 0.730. The number of carbonyl (C=O) groups is 2. The number of ketones is 1. The molecule has 4 rings (SSSR count). The number of nitrogens with zero attached hydrogens (tertiary/aromatic N) is 1. The third-order valence-corrected chi connectivity index (χ3v) is 5.81. The highest BCUT2D eigenvalue weighted by atomic mass is 35.5. The first-order chi connectivity index (χ1) is 16.5. The quantitative estimate of drug-likeness (QED) is 0.198. The number of rotatable bonds is 8. The molecule has 1 fully saturated rings. The second-order valence-corrected chi connectivity index (χ2v) is 8.27. The first kappa shape index (κ1) is 23.5. The number of hydrogen-bond donors (Lipinski definition) is 1. The number of methoxy groups -OCH3 is 1. The van der Waals surface area contributed by atoms with E-state index in [1.807, 2.05) is 36.4 Å². The molecule has 0 aromatic heterocycles. The molecule has 0 unspecified atom stereocenters. The Bertz CT molecular complexity index is 1210. The summed E-state index contributed by atoms with van der Waals surface area (Å²) in [5.74, 6) is -0.425. The molecule has 1 N–H and O–H groups in total. The molecule has 3 aromatic rings. The molecule has 174 valence electrons. The third-order valence-electron chi connectivity index (χ3n) is 5.56. The Hall–Kier alpha value is -3.61. The van der Waals surface area contributed by atoms with E-state index in [4.69, 9.17) is 21.1 Å². The van der Waals surface area contributed by atoms with Crippen LogP contribution in [0.3, 0.4) is 0 Å². The first-order valence-corrected chi connectivity index (χ1v) is 11.2. The Balaban J connectivity index is 1.78. The van der Waals surface area contributed by atoms with E-state index in [0.29, 0.717) is 47.2 Å². The van der Waals surface area contributed by atoms with Crippen LogP contribution in [-0.2, 0) is 14.3 Å². The van der Waals surface area contributed by atoms with E-state index in [1.165, 1.54) is 4.90 Å². The number of likely N-dealkylation sites (tertiary alicyclic amines) is 1. The molecule has 0 aliphatic carbocycles. The average Bonchev–Trinajstić information content (AvgIpc) is 3.10. The van der Waals surface area contributed by atoms with Crippen molar-refractivity contribution in [3.8, 4) is 11.5 Å². The van der Waals surface area contributed by atoms with Gasteiger partial charge in [0, 0.05) is 30.8 Å². The molecule has 1 aliphatic heterocycles. The van der Waals surface area contributed by atoms with E-state index in [2.05, 4.69) is 0 Å². The predicted molar refractivity (Wildman–Crippen MR) is 130 cm³/mol. The van der Waals surface area contributed by atoms with Crippen molar-refractivity contribution in [1.82, 2.24) is 4.90 Å². The van der Waals surface area contributed by atoms with Crippen molar-refractivity contribution in [2.75, 3.05) is 20.3 Å². The molecule has 1 heterocycles. The summed E-state index contributed by atoms with van der Waals surface area (Å²) in [4.78, 5) is 27.6. The van der Waals surface area contributed by atoms with Crippen LogP contribution in [0.25, 0.3) is 5.76 Å². The number of halogens is 1. The number of carbonyl (C=O) groups excluding carboxylic acids is 2. The molecule has 1 aliphatic rings. The average molecular weight is 478 g/mol. The highest BCUT2D eigenvalue weighted by molar-refractivity contribution is 6.46. The maximum atomic E-state index is 13.1. The van der Waals surface area contributed by atoms with E-state index >= 15 is 0 Å². The molecule has 0 spiro atoms. The van der Waals surface area contributed by atoms with Crippen LogP contribution in [0.15, 0.2) is 84.4 Å². The van der Waals surface area contributed by atoms with Crippen molar-refractivity contribution in [1.29, 1.82) is 0 Å². The fourth-order valence-electron chi connectivity index (χ4n) is 3.97. The van der Waals surface area contributed by atoms with Gasteiger partial charge < -0.3 is 19.5 Å². The number of aliphatic hydroxyl groups excluding tert-OH is 1. The lowest BCUT2D eigenvalue weighted by atomic mass is 9.95. The molecular formula is C27H24ClNO5. The van der Waals surface area contributed by atoms with Gasteiger partial charge in [0.1, 0.15) is 17.3 Å². The SMILES string of the molecule is COCCCN1C(=O)C(=O)/C(=C(/O)c2ccc(Cl)cc2)[C@H]1c1cccc(Oc2ccccc2)c1. The molecule has 0 saturated carbocycles. The summed E-state index contributed by atoms with van der Waals surface area (Å²) in [5, 5.41) is 11.6. The number of para-hydroxylation sites is 1. The summed E-state index contributed by atoms with van der Waals surface area (Å²) < 4.78 is 11.1. The Morgan fingerprint density at radius 2 is 1.68 bits per heavy atom. The molecule has 0 radical (unpaired) electrons. The van der Waals surface area contributed by atoms with Crippen molar-refractivity contribution < 1.29 is 24.2 Å². The number of Topliss-reactive ketones (excluding diaryl/α,β-unsaturated/α-hetero) is 1. The predicted octanol–water partition coefficient (Wildman–Crippen LogP) is 5.59. The van der Waals surface area contributed by atoms with Crippen LogP contribution in [0.2, 0.25) is 5.02 Å². The minimum absolute atomic E-state index is 0.0293. The molecular weight excluding hydrogens is 454 g/mol. The van der Waals surface area contributed by atoms with Crippen molar-refractivity contribution in [3.63, 3.8) is 0 Å². The molecule has 7 heteroatoms. The molecule has 6 nitrogen and oxygen atoms in total. The van der Waals surface area contributed by atoms with Crippen molar-refractivity contribution in [2.24, 2.45) is 0 Å². The lowest BCUT2D eigenvalue weighted by Crippen LogP contribution is -2.31. The summed E-state index contributed by atoms with van der Waals surface area (Å²) in [7, 11) is 1.58. The Morgan fingerprint density at radius 1 is 0.971 bits per heavy atom. The molecule has 0 bridgehead atoms. The van der Waals surface area contributed by atoms with Gasteiger partial charge in [-0.05, 0) is 60.5 Å². The van der Waals surface area contributed by atoms with Gasteiger partial charge in [-0.2, -0.15) is 0 Å². The zero-order valence-corrected chi connectivity index (χ0v) is 19.4. The van der Waals surface area contributed by atoms with Crippen LogP contribution in [0, 0.1) is 0 Å². The van der Waals surface area contributed by atoms with E-state index < -0.39 is 17.7 Å². The van der Waals surface area contributed by atoms with Gasteiger partial charge in [0.15, 0.2) is 0 Å². The van der Waals surface area contributed by atoms with Crippen LogP contribution in [-0.4, -0.2) is 42.0 Å². The minimum atomic E-state index is -0.771. The van der Waals surface area contributed by atoms with Crippen LogP contribution < -0.4 is 4.74 Å². The van der Waals surface area contributed by atoms with Gasteiger partial charge in [-0.15, -0.1) is 0 Å².